The number of fused-ring (bicyclic) bond motifs is 1. The van der Waals surface area contributed by atoms with Gasteiger partial charge in [0.1, 0.15) is 16.1 Å². The molecule has 1 N–H and O–H groups in total. The van der Waals surface area contributed by atoms with Crippen LogP contribution in [0, 0.1) is 0 Å². The van der Waals surface area contributed by atoms with Crippen molar-refractivity contribution in [2.24, 2.45) is 0 Å². The summed E-state index contributed by atoms with van der Waals surface area (Å²) in [5.74, 6) is -0.860. The largest absolute Gasteiger partial charge is 1.00 e. The van der Waals surface area contributed by atoms with Crippen LogP contribution in [-0.2, 0) is 0 Å². The molecule has 1 aliphatic heterocycles. The fourth-order valence-electron chi connectivity index (χ4n) is 3.52. The van der Waals surface area contributed by atoms with Crippen molar-refractivity contribution in [1.29, 1.82) is 0 Å². The molecular formula is C19H26KN3O3S. The number of hydrogen-bond acceptors (Lipinski definition) is 5. The Kier molecular flexibility index (Phi) is 8.99. The molecular weight excluding hydrogens is 389 g/mol. The Bertz CT molecular complexity index is 841. The number of carbonyl (C=O) groups is 1. The molecule has 1 saturated heterocycles. The molecule has 0 aliphatic carbocycles. The van der Waals surface area contributed by atoms with Crippen molar-refractivity contribution in [3.05, 3.63) is 32.7 Å². The zero-order chi connectivity index (χ0) is 18.7. The molecule has 142 valence electrons. The van der Waals surface area contributed by atoms with Crippen molar-refractivity contribution in [3.63, 3.8) is 0 Å². The third kappa shape index (κ3) is 5.23. The van der Waals surface area contributed by atoms with Crippen LogP contribution in [0.25, 0.3) is 15.5 Å². The first-order valence-corrected chi connectivity index (χ1v) is 10.2. The second-order valence-corrected chi connectivity index (χ2v) is 7.97. The number of pyridine rings is 1. The molecule has 1 amide bonds. The van der Waals surface area contributed by atoms with Crippen LogP contribution in [0.5, 0.6) is 5.75 Å². The van der Waals surface area contributed by atoms with E-state index in [4.69, 9.17) is 0 Å². The second-order valence-electron chi connectivity index (χ2n) is 7.07. The summed E-state index contributed by atoms with van der Waals surface area (Å²) in [4.78, 5) is 28.4. The number of amides is 1. The Morgan fingerprint density at radius 1 is 1.30 bits per heavy atom. The summed E-state index contributed by atoms with van der Waals surface area (Å²) in [6, 6.07) is 1.63. The first-order chi connectivity index (χ1) is 12.5. The van der Waals surface area contributed by atoms with Crippen LogP contribution in [0.2, 0.25) is 0 Å². The average molecular weight is 416 g/mol. The standard InChI is InChI=1S/C19H27N3O3S.K/c1-13(2)22-18(25)15(16(23)14-7-12-26-19(14)22)17(24)20-8-6-11-21-9-4-3-5-10-21;/h7,12-13H,3-6,8-11H2,1-2H3,(H2,20,23,24,25);/q;+1/p-1. The molecule has 3 rings (SSSR count). The minimum atomic E-state index is -0.617. The number of rotatable bonds is 6. The summed E-state index contributed by atoms with van der Waals surface area (Å²) in [5.41, 5.74) is -0.667. The summed E-state index contributed by atoms with van der Waals surface area (Å²) in [6.45, 7) is 7.30. The third-order valence-corrected chi connectivity index (χ3v) is 5.77. The van der Waals surface area contributed by atoms with Gasteiger partial charge in [-0.15, -0.1) is 17.9 Å². The molecule has 0 spiro atoms. The van der Waals surface area contributed by atoms with E-state index in [0.29, 0.717) is 16.8 Å². The molecule has 3 heterocycles. The summed E-state index contributed by atoms with van der Waals surface area (Å²) >= 11 is 1.38. The van der Waals surface area contributed by atoms with E-state index in [-0.39, 0.29) is 68.7 Å². The van der Waals surface area contributed by atoms with Gasteiger partial charge in [0.25, 0.3) is 5.56 Å². The van der Waals surface area contributed by atoms with Crippen molar-refractivity contribution in [2.45, 2.75) is 45.6 Å². The number of nitrogens with zero attached hydrogens (tertiary/aromatic N) is 3. The summed E-state index contributed by atoms with van der Waals surface area (Å²) in [6.07, 6.45) is 4.55. The number of aromatic nitrogens is 1. The van der Waals surface area contributed by atoms with Gasteiger partial charge in [-0.3, -0.25) is 9.36 Å². The first kappa shape index (κ1) is 23.1. The van der Waals surface area contributed by atoms with Crippen LogP contribution in [0.1, 0.15) is 55.9 Å². The van der Waals surface area contributed by atoms with E-state index < -0.39 is 11.5 Å². The van der Waals surface area contributed by atoms with E-state index in [9.17, 15) is 14.7 Å². The maximum absolute atomic E-state index is 12.8. The molecule has 2 aromatic rings. The first-order valence-electron chi connectivity index (χ1n) is 9.29. The van der Waals surface area contributed by atoms with E-state index in [1.165, 1.54) is 30.6 Å². The van der Waals surface area contributed by atoms with Crippen LogP contribution < -0.4 is 56.9 Å². The number of hydrogen-bond donors (Lipinski definition) is 1. The number of likely N-dealkylation sites (tertiary alicyclic amines) is 1. The van der Waals surface area contributed by atoms with E-state index in [1.807, 2.05) is 19.2 Å². The molecule has 8 heteroatoms. The molecule has 1 aliphatic rings. The summed E-state index contributed by atoms with van der Waals surface area (Å²) < 4.78 is 1.57. The minimum absolute atomic E-state index is 0. The SMILES string of the molecule is CC(C)n1c(=O)c(C(=O)[N-]CCCN2CCCCC2)c(O)c2ccsc21.[K+]. The molecule has 0 aromatic carbocycles. The molecule has 0 radical (unpaired) electrons. The molecule has 0 unspecified atom stereocenters. The topological polar surface area (TPSA) is 76.6 Å². The molecule has 27 heavy (non-hydrogen) atoms. The number of piperidine rings is 1. The van der Waals surface area contributed by atoms with Gasteiger partial charge in [-0.2, -0.15) is 0 Å². The molecule has 6 nitrogen and oxygen atoms in total. The predicted octanol–water partition coefficient (Wildman–Crippen LogP) is 0.743. The molecule has 0 atom stereocenters. The Labute approximate surface area is 206 Å². The van der Waals surface area contributed by atoms with E-state index in [2.05, 4.69) is 10.2 Å². The van der Waals surface area contributed by atoms with Crippen LogP contribution in [0.4, 0.5) is 0 Å². The number of thiophene rings is 1. The average Bonchev–Trinajstić information content (AvgIpc) is 3.09. The number of aromatic hydroxyl groups is 1. The van der Waals surface area contributed by atoms with Gasteiger partial charge in [-0.1, -0.05) is 12.8 Å². The fraction of sp³-hybridized carbons (Fsp3) is 0.579. The Hall–Kier alpha value is -0.224. The van der Waals surface area contributed by atoms with Crippen molar-refractivity contribution in [1.82, 2.24) is 9.47 Å². The molecule has 2 aromatic heterocycles. The zero-order valence-electron chi connectivity index (χ0n) is 16.4. The summed E-state index contributed by atoms with van der Waals surface area (Å²) in [5, 5.41) is 16.9. The van der Waals surface area contributed by atoms with Crippen molar-refractivity contribution in [2.75, 3.05) is 26.2 Å². The van der Waals surface area contributed by atoms with Gasteiger partial charge in [0.05, 0.1) is 11.3 Å². The van der Waals surface area contributed by atoms with Crippen LogP contribution in [-0.4, -0.2) is 46.7 Å². The predicted molar refractivity (Wildman–Crippen MR) is 106 cm³/mol. The van der Waals surface area contributed by atoms with Gasteiger partial charge in [0.15, 0.2) is 0 Å². The third-order valence-electron chi connectivity index (χ3n) is 4.85. The monoisotopic (exact) mass is 415 g/mol. The maximum atomic E-state index is 12.8. The second kappa shape index (κ2) is 10.5. The molecule has 0 bridgehead atoms. The maximum Gasteiger partial charge on any atom is 1.00 e. The Morgan fingerprint density at radius 3 is 2.67 bits per heavy atom. The van der Waals surface area contributed by atoms with E-state index in [0.717, 1.165) is 26.1 Å². The smallest absolute Gasteiger partial charge is 0.649 e. The quantitative estimate of drug-likeness (QED) is 0.558. The minimum Gasteiger partial charge on any atom is -0.649 e. The Morgan fingerprint density at radius 2 is 2.00 bits per heavy atom. The van der Waals surface area contributed by atoms with Gasteiger partial charge in [0, 0.05) is 6.04 Å². The van der Waals surface area contributed by atoms with Crippen molar-refractivity contribution >= 4 is 27.5 Å². The van der Waals surface area contributed by atoms with Crippen LogP contribution >= 0.6 is 11.3 Å². The van der Waals surface area contributed by atoms with Crippen LogP contribution in [0.3, 0.4) is 0 Å². The van der Waals surface area contributed by atoms with Crippen molar-refractivity contribution in [3.8, 4) is 5.75 Å². The number of carbonyl (C=O) groups excluding carboxylic acids is 1. The van der Waals surface area contributed by atoms with E-state index in [1.54, 1.807) is 10.6 Å². The Balaban J connectivity index is 0.00000261. The van der Waals surface area contributed by atoms with Gasteiger partial charge < -0.3 is 20.1 Å². The zero-order valence-corrected chi connectivity index (χ0v) is 20.3. The van der Waals surface area contributed by atoms with Gasteiger partial charge in [0.2, 0.25) is 0 Å². The molecule has 0 saturated carbocycles. The normalized spacial score (nSPS) is 15.1. The van der Waals surface area contributed by atoms with Gasteiger partial charge in [-0.05, 0) is 57.8 Å². The van der Waals surface area contributed by atoms with Crippen molar-refractivity contribution < 1.29 is 61.3 Å². The summed E-state index contributed by atoms with van der Waals surface area (Å²) in [7, 11) is 0. The van der Waals surface area contributed by atoms with Crippen LogP contribution in [0.15, 0.2) is 16.2 Å². The van der Waals surface area contributed by atoms with E-state index >= 15 is 0 Å². The van der Waals surface area contributed by atoms with Gasteiger partial charge >= 0.3 is 51.4 Å². The van der Waals surface area contributed by atoms with Gasteiger partial charge in [-0.25, -0.2) is 0 Å². The fourth-order valence-corrected chi connectivity index (χ4v) is 4.55. The molecule has 1 fully saturated rings.